The van der Waals surface area contributed by atoms with E-state index in [-0.39, 0.29) is 18.5 Å². The molecule has 0 fully saturated rings. The maximum Gasteiger partial charge on any atom is 0.326 e. The summed E-state index contributed by atoms with van der Waals surface area (Å²) in [5.41, 5.74) is 7.21. The van der Waals surface area contributed by atoms with Gasteiger partial charge in [0, 0.05) is 18.3 Å². The fourth-order valence-electron chi connectivity index (χ4n) is 2.42. The van der Waals surface area contributed by atoms with Gasteiger partial charge >= 0.3 is 5.97 Å². The van der Waals surface area contributed by atoms with E-state index in [1.807, 2.05) is 35.9 Å². The molecule has 2 heterocycles. The Morgan fingerprint density at radius 1 is 1.40 bits per heavy atom. The minimum atomic E-state index is -1.07. The highest BCUT2D eigenvalue weighted by atomic mass is 32.2. The van der Waals surface area contributed by atoms with Crippen molar-refractivity contribution < 1.29 is 19.4 Å². The van der Waals surface area contributed by atoms with E-state index in [9.17, 15) is 14.7 Å². The Hall–Kier alpha value is -1.95. The molecule has 0 bridgehead atoms. The van der Waals surface area contributed by atoms with Crippen molar-refractivity contribution in [2.45, 2.75) is 18.5 Å². The zero-order valence-electron chi connectivity index (χ0n) is 16.5. The van der Waals surface area contributed by atoms with Crippen molar-refractivity contribution in [3.63, 3.8) is 0 Å². The van der Waals surface area contributed by atoms with Crippen LogP contribution >= 0.6 is 35.7 Å². The summed E-state index contributed by atoms with van der Waals surface area (Å²) in [6.45, 7) is 0.110. The average Bonchev–Trinajstić information content (AvgIpc) is 3.28. The SMILES string of the molecule is CSCC[C@H](NC(=O)COc1nc(-c2cccs2)ccc1NCC(N)CS)C(=O)O. The molecule has 0 aliphatic heterocycles. The van der Waals surface area contributed by atoms with Crippen LogP contribution in [0, 0.1) is 0 Å². The summed E-state index contributed by atoms with van der Waals surface area (Å²) in [5, 5.41) is 16.9. The number of anilines is 1. The van der Waals surface area contributed by atoms with Gasteiger partial charge in [-0.05, 0) is 42.0 Å². The molecule has 0 aliphatic carbocycles. The smallest absolute Gasteiger partial charge is 0.326 e. The topological polar surface area (TPSA) is 127 Å². The molecule has 5 N–H and O–H groups in total. The molecule has 0 aromatic carbocycles. The number of hydrogen-bond donors (Lipinski definition) is 5. The monoisotopic (exact) mass is 470 g/mol. The Bertz CT molecular complexity index is 820. The third-order valence-corrected chi connectivity index (χ3v) is 6.01. The van der Waals surface area contributed by atoms with Crippen LogP contribution in [0.4, 0.5) is 5.69 Å². The summed E-state index contributed by atoms with van der Waals surface area (Å²) in [7, 11) is 0. The fraction of sp³-hybridized carbons (Fsp3) is 0.421. The molecule has 2 aromatic rings. The first kappa shape index (κ1) is 24.3. The van der Waals surface area contributed by atoms with Gasteiger partial charge in [-0.3, -0.25) is 4.79 Å². The van der Waals surface area contributed by atoms with E-state index in [1.165, 1.54) is 11.8 Å². The van der Waals surface area contributed by atoms with Crippen molar-refractivity contribution in [2.24, 2.45) is 5.73 Å². The number of nitrogens with two attached hydrogens (primary N) is 1. The summed E-state index contributed by atoms with van der Waals surface area (Å²) in [4.78, 5) is 29.1. The molecule has 2 aromatic heterocycles. The molecule has 8 nitrogen and oxygen atoms in total. The second kappa shape index (κ2) is 12.7. The van der Waals surface area contributed by atoms with Crippen molar-refractivity contribution in [1.29, 1.82) is 0 Å². The van der Waals surface area contributed by atoms with E-state index in [0.717, 1.165) is 4.88 Å². The first-order chi connectivity index (χ1) is 14.4. The van der Waals surface area contributed by atoms with Crippen LogP contribution in [0.25, 0.3) is 10.6 Å². The Morgan fingerprint density at radius 3 is 2.83 bits per heavy atom. The zero-order chi connectivity index (χ0) is 21.9. The average molecular weight is 471 g/mol. The number of aromatic nitrogens is 1. The van der Waals surface area contributed by atoms with Crippen molar-refractivity contribution in [1.82, 2.24) is 10.3 Å². The minimum absolute atomic E-state index is 0.158. The van der Waals surface area contributed by atoms with Gasteiger partial charge in [0.1, 0.15) is 6.04 Å². The molecular formula is C19H26N4O4S3. The molecule has 0 saturated carbocycles. The highest BCUT2D eigenvalue weighted by Crippen LogP contribution is 2.29. The third kappa shape index (κ3) is 7.71. The van der Waals surface area contributed by atoms with E-state index in [4.69, 9.17) is 10.5 Å². The molecule has 30 heavy (non-hydrogen) atoms. The second-order valence-corrected chi connectivity index (χ2v) is 8.68. The van der Waals surface area contributed by atoms with Gasteiger partial charge in [-0.2, -0.15) is 24.4 Å². The fourth-order valence-corrected chi connectivity index (χ4v) is 3.71. The van der Waals surface area contributed by atoms with Crippen LogP contribution in [-0.2, 0) is 9.59 Å². The number of hydrogen-bond acceptors (Lipinski definition) is 9. The summed E-state index contributed by atoms with van der Waals surface area (Å²) in [6.07, 6.45) is 2.22. The lowest BCUT2D eigenvalue weighted by Crippen LogP contribution is -2.43. The molecule has 164 valence electrons. The second-order valence-electron chi connectivity index (χ2n) is 6.38. The standard InChI is InChI=1S/C19H26N4O4S3/c1-29-8-6-15(19(25)26)22-17(24)10-27-18-14(21-9-12(20)11-28)5-4-13(23-18)16-3-2-7-30-16/h2-5,7,12,15,21,28H,6,8-11,20H2,1H3,(H,22,24)(H,25,26)/t12?,15-/m0/s1. The van der Waals surface area contributed by atoms with Gasteiger partial charge < -0.3 is 26.2 Å². The van der Waals surface area contributed by atoms with E-state index >= 15 is 0 Å². The Balaban J connectivity index is 2.09. The van der Waals surface area contributed by atoms with E-state index in [2.05, 4.69) is 28.2 Å². The van der Waals surface area contributed by atoms with Crippen LogP contribution in [0.3, 0.4) is 0 Å². The summed E-state index contributed by atoms with van der Waals surface area (Å²) in [6, 6.07) is 6.43. The summed E-state index contributed by atoms with van der Waals surface area (Å²) >= 11 is 7.23. The largest absolute Gasteiger partial charge is 0.480 e. The van der Waals surface area contributed by atoms with Gasteiger partial charge in [-0.15, -0.1) is 11.3 Å². The number of pyridine rings is 1. The number of thiophene rings is 1. The molecule has 11 heteroatoms. The minimum Gasteiger partial charge on any atom is -0.480 e. The first-order valence-corrected chi connectivity index (χ1v) is 12.1. The number of carbonyl (C=O) groups excluding carboxylic acids is 1. The van der Waals surface area contributed by atoms with E-state index in [0.29, 0.717) is 35.9 Å². The van der Waals surface area contributed by atoms with Crippen LogP contribution in [0.15, 0.2) is 29.6 Å². The van der Waals surface area contributed by atoms with Gasteiger partial charge in [0.15, 0.2) is 6.61 Å². The third-order valence-electron chi connectivity index (χ3n) is 4.01. The highest BCUT2D eigenvalue weighted by molar-refractivity contribution is 7.98. The molecule has 0 radical (unpaired) electrons. The molecule has 1 amide bonds. The number of carboxylic acid groups (broad SMARTS) is 1. The number of thiol groups is 1. The zero-order valence-corrected chi connectivity index (χ0v) is 19.1. The van der Waals surface area contributed by atoms with Crippen molar-refractivity contribution in [3.05, 3.63) is 29.6 Å². The number of amides is 1. The maximum absolute atomic E-state index is 12.2. The van der Waals surface area contributed by atoms with Crippen LogP contribution in [0.5, 0.6) is 5.88 Å². The van der Waals surface area contributed by atoms with Gasteiger partial charge in [0.25, 0.3) is 5.91 Å². The number of nitrogens with one attached hydrogen (secondary N) is 2. The molecule has 0 spiro atoms. The Morgan fingerprint density at radius 2 is 2.20 bits per heavy atom. The van der Waals surface area contributed by atoms with E-state index < -0.39 is 17.9 Å². The molecule has 0 saturated heterocycles. The lowest BCUT2D eigenvalue weighted by Gasteiger charge is -2.17. The lowest BCUT2D eigenvalue weighted by molar-refractivity contribution is -0.142. The number of carboxylic acids is 1. The molecule has 2 rings (SSSR count). The number of carbonyl (C=O) groups is 2. The quantitative estimate of drug-likeness (QED) is 0.282. The van der Waals surface area contributed by atoms with Crippen molar-refractivity contribution in [2.75, 3.05) is 36.2 Å². The summed E-state index contributed by atoms with van der Waals surface area (Å²) in [5.74, 6) is -0.206. The Kier molecular flexibility index (Phi) is 10.3. The van der Waals surface area contributed by atoms with Crippen LogP contribution in [0.2, 0.25) is 0 Å². The number of aliphatic carboxylic acids is 1. The highest BCUT2D eigenvalue weighted by Gasteiger charge is 2.20. The Labute approximate surface area is 189 Å². The van der Waals surface area contributed by atoms with E-state index in [1.54, 1.807) is 11.3 Å². The molecule has 0 aliphatic rings. The molecular weight excluding hydrogens is 444 g/mol. The van der Waals surface area contributed by atoms with Crippen molar-refractivity contribution >= 4 is 53.3 Å². The van der Waals surface area contributed by atoms with Gasteiger partial charge in [0.2, 0.25) is 5.88 Å². The van der Waals surface area contributed by atoms with Crippen LogP contribution in [-0.4, -0.2) is 65.0 Å². The number of rotatable bonds is 13. The van der Waals surface area contributed by atoms with Gasteiger partial charge in [-0.1, -0.05) is 6.07 Å². The lowest BCUT2D eigenvalue weighted by atomic mass is 10.2. The summed E-state index contributed by atoms with van der Waals surface area (Å²) < 4.78 is 5.65. The first-order valence-electron chi connectivity index (χ1n) is 9.23. The molecule has 1 unspecified atom stereocenters. The number of thioether (sulfide) groups is 1. The van der Waals surface area contributed by atoms with Gasteiger partial charge in [0.05, 0.1) is 16.3 Å². The predicted molar refractivity (Wildman–Crippen MR) is 126 cm³/mol. The van der Waals surface area contributed by atoms with Crippen LogP contribution < -0.4 is 21.1 Å². The maximum atomic E-state index is 12.2. The number of nitrogens with zero attached hydrogens (tertiary/aromatic N) is 1. The predicted octanol–water partition coefficient (Wildman–Crippen LogP) is 2.18. The van der Waals surface area contributed by atoms with Gasteiger partial charge in [-0.25, -0.2) is 9.78 Å². The number of ether oxygens (including phenoxy) is 1. The molecule has 2 atom stereocenters. The van der Waals surface area contributed by atoms with Crippen LogP contribution in [0.1, 0.15) is 6.42 Å². The normalized spacial score (nSPS) is 12.8. The van der Waals surface area contributed by atoms with Crippen molar-refractivity contribution in [3.8, 4) is 16.5 Å².